The number of carbonyl (C=O) groups is 3. The fourth-order valence-electron chi connectivity index (χ4n) is 7.12. The Kier molecular flexibility index (Phi) is 13.3. The molecule has 6 rings (SSSR count). The number of pyridine rings is 1. The van der Waals surface area contributed by atoms with E-state index in [1.165, 1.54) is 17.4 Å². The van der Waals surface area contributed by atoms with Crippen LogP contribution in [0, 0.1) is 11.6 Å². The molecule has 4 aromatic rings. The zero-order chi connectivity index (χ0) is 43.6. The maximum absolute atomic E-state index is 15.9. The van der Waals surface area contributed by atoms with Crippen molar-refractivity contribution in [1.29, 1.82) is 0 Å². The third-order valence-electron chi connectivity index (χ3n) is 10.2. The van der Waals surface area contributed by atoms with E-state index in [2.05, 4.69) is 20.0 Å². The van der Waals surface area contributed by atoms with Gasteiger partial charge in [0.15, 0.2) is 5.75 Å². The van der Waals surface area contributed by atoms with Crippen LogP contribution in [-0.2, 0) is 32.0 Å². The average molecular weight is 874 g/mol. The van der Waals surface area contributed by atoms with Gasteiger partial charge in [0.25, 0.3) is 5.91 Å². The van der Waals surface area contributed by atoms with Crippen LogP contribution in [0.1, 0.15) is 70.9 Å². The van der Waals surface area contributed by atoms with Gasteiger partial charge in [-0.25, -0.2) is 23.4 Å². The molecule has 2 N–H and O–H groups in total. The van der Waals surface area contributed by atoms with Gasteiger partial charge in [-0.3, -0.25) is 14.5 Å². The van der Waals surface area contributed by atoms with Crippen molar-refractivity contribution in [2.45, 2.75) is 69.6 Å². The highest BCUT2D eigenvalue weighted by Gasteiger charge is 2.44. The van der Waals surface area contributed by atoms with Crippen molar-refractivity contribution in [2.75, 3.05) is 45.9 Å². The van der Waals surface area contributed by atoms with Crippen LogP contribution in [-0.4, -0.2) is 101 Å². The lowest BCUT2D eigenvalue weighted by atomic mass is 9.89. The molecule has 0 unspecified atom stereocenters. The van der Waals surface area contributed by atoms with Gasteiger partial charge in [-0.2, -0.15) is 26.3 Å². The first-order chi connectivity index (χ1) is 28.2. The summed E-state index contributed by atoms with van der Waals surface area (Å²) in [7, 11) is 0. The number of thiazole rings is 1. The Labute approximate surface area is 340 Å². The maximum Gasteiger partial charge on any atom is 0.491 e. The molecule has 2 aromatic heterocycles. The van der Waals surface area contributed by atoms with Crippen molar-refractivity contribution in [1.82, 2.24) is 25.1 Å². The highest BCUT2D eigenvalue weighted by molar-refractivity contribution is 7.09. The Morgan fingerprint density at radius 3 is 2.37 bits per heavy atom. The minimum Gasteiger partial charge on any atom is -0.449 e. The number of nitrogens with one attached hydrogen (secondary N) is 2. The topological polar surface area (TPSA) is 143 Å². The van der Waals surface area contributed by atoms with Crippen LogP contribution in [0.5, 0.6) is 5.75 Å². The average Bonchev–Trinajstić information content (AvgIpc) is 3.69. The van der Waals surface area contributed by atoms with Crippen molar-refractivity contribution < 1.29 is 63.7 Å². The number of aromatic amines is 1. The zero-order valence-corrected chi connectivity index (χ0v) is 32.9. The number of nitrogens with zero attached hydrogens (tertiary/aromatic N) is 3. The molecule has 1 spiro atoms. The molecule has 60 heavy (non-hydrogen) atoms. The molecule has 2 aliphatic heterocycles. The highest BCUT2D eigenvalue weighted by atomic mass is 32.1. The Balaban J connectivity index is 1.10. The van der Waals surface area contributed by atoms with Gasteiger partial charge in [0, 0.05) is 72.2 Å². The summed E-state index contributed by atoms with van der Waals surface area (Å²) < 4.78 is 125. The number of rotatable bonds is 12. The Bertz CT molecular complexity index is 2290. The first-order valence-corrected chi connectivity index (χ1v) is 19.6. The summed E-state index contributed by atoms with van der Waals surface area (Å²) >= 11 is 1.44. The number of hydrogen-bond donors (Lipinski definition) is 2. The third kappa shape index (κ3) is 10.3. The number of benzene rings is 2. The number of hydrogen-bond acceptors (Lipinski definition) is 11. The first kappa shape index (κ1) is 44.6. The van der Waals surface area contributed by atoms with Crippen LogP contribution in [0.3, 0.4) is 0 Å². The van der Waals surface area contributed by atoms with E-state index in [9.17, 15) is 45.5 Å². The summed E-state index contributed by atoms with van der Waals surface area (Å²) in [5, 5.41) is 5.12. The lowest BCUT2D eigenvalue weighted by Crippen LogP contribution is -2.58. The number of carbonyl (C=O) groups excluding carboxylic acids is 3. The molecule has 2 aromatic carbocycles. The molecule has 21 heteroatoms. The summed E-state index contributed by atoms with van der Waals surface area (Å²) in [6.45, 7) is 5.45. The molecule has 2 aliphatic rings. The van der Waals surface area contributed by atoms with Gasteiger partial charge >= 0.3 is 24.3 Å². The van der Waals surface area contributed by atoms with Gasteiger partial charge in [0.05, 0.1) is 29.3 Å². The zero-order valence-electron chi connectivity index (χ0n) is 32.1. The standard InChI is InChI=1S/C39H39F8N5O7S/c1-21(2)33-49-27(19-60-33)34(54)52-15-16-57-37(20-52)10-13-51(14-11-37)18-22-3-6-26(40)25(31(22)41)9-12-48-17-29(59-36(56)39(45,46)47)23-4-7-28(58-35(55)38(42,43)44)32-24(23)5-8-30(53)50-32/h3-8,19,21,29,48H,9-18,20H2,1-2H3,(H,50,53)/t29-/m0/s1. The van der Waals surface area contributed by atoms with E-state index in [-0.39, 0.29) is 53.4 Å². The van der Waals surface area contributed by atoms with Crippen molar-refractivity contribution in [2.24, 2.45) is 0 Å². The lowest BCUT2D eigenvalue weighted by Gasteiger charge is -2.47. The normalized spacial score (nSPS) is 16.7. The molecule has 324 valence electrons. The van der Waals surface area contributed by atoms with Gasteiger partial charge in [-0.05, 0) is 44.0 Å². The van der Waals surface area contributed by atoms with E-state index < -0.39 is 71.0 Å². The fourth-order valence-corrected chi connectivity index (χ4v) is 7.93. The minimum atomic E-state index is -5.46. The molecular weight excluding hydrogens is 835 g/mol. The summed E-state index contributed by atoms with van der Waals surface area (Å²) in [5.41, 5.74) is -1.92. The Morgan fingerprint density at radius 1 is 0.983 bits per heavy atom. The van der Waals surface area contributed by atoms with Gasteiger partial charge in [-0.1, -0.05) is 26.0 Å². The number of esters is 2. The Morgan fingerprint density at radius 2 is 1.70 bits per heavy atom. The van der Waals surface area contributed by atoms with E-state index in [4.69, 9.17) is 9.47 Å². The van der Waals surface area contributed by atoms with Crippen LogP contribution in [0.4, 0.5) is 35.1 Å². The molecule has 2 fully saturated rings. The van der Waals surface area contributed by atoms with Crippen LogP contribution in [0.15, 0.2) is 46.6 Å². The summed E-state index contributed by atoms with van der Waals surface area (Å²) in [6, 6.07) is 6.05. The number of piperidine rings is 1. The number of alkyl halides is 6. The van der Waals surface area contributed by atoms with E-state index >= 15 is 8.78 Å². The quantitative estimate of drug-likeness (QED) is 0.0717. The molecule has 0 radical (unpaired) electrons. The summed E-state index contributed by atoms with van der Waals surface area (Å²) in [4.78, 5) is 59.2. The number of H-pyrrole nitrogens is 1. The predicted octanol–water partition coefficient (Wildman–Crippen LogP) is 6.34. The molecule has 1 atom stereocenters. The SMILES string of the molecule is CC(C)c1nc(C(=O)N2CCOC3(CCN(Cc4ccc(F)c(CCNC[C@H](OC(=O)C(F)(F)F)c5ccc(OC(=O)C(F)(F)F)c6[nH]c(=O)ccc56)c4F)CC3)C2)cs1. The van der Waals surface area contributed by atoms with Crippen molar-refractivity contribution in [3.05, 3.63) is 91.2 Å². The number of aromatic nitrogens is 2. The fraction of sp³-hybridized carbons (Fsp3) is 0.462. The van der Waals surface area contributed by atoms with E-state index in [1.807, 2.05) is 18.7 Å². The molecule has 2 saturated heterocycles. The number of fused-ring (bicyclic) bond motifs is 1. The van der Waals surface area contributed by atoms with Crippen molar-refractivity contribution in [3.63, 3.8) is 0 Å². The van der Waals surface area contributed by atoms with Crippen molar-refractivity contribution >= 4 is 40.1 Å². The molecule has 0 bridgehead atoms. The number of ether oxygens (including phenoxy) is 3. The molecule has 12 nitrogen and oxygen atoms in total. The second kappa shape index (κ2) is 17.9. The number of amides is 1. The van der Waals surface area contributed by atoms with Crippen molar-refractivity contribution in [3.8, 4) is 5.75 Å². The largest absolute Gasteiger partial charge is 0.491 e. The second-order valence-electron chi connectivity index (χ2n) is 14.8. The minimum absolute atomic E-state index is 0.126. The maximum atomic E-state index is 15.9. The molecule has 0 aliphatic carbocycles. The predicted molar refractivity (Wildman–Crippen MR) is 199 cm³/mol. The monoisotopic (exact) mass is 873 g/mol. The van der Waals surface area contributed by atoms with Crippen LogP contribution >= 0.6 is 11.3 Å². The van der Waals surface area contributed by atoms with Crippen LogP contribution in [0.25, 0.3) is 10.9 Å². The van der Waals surface area contributed by atoms with Gasteiger partial charge in [0.2, 0.25) is 5.56 Å². The molecule has 4 heterocycles. The molecule has 0 saturated carbocycles. The van der Waals surface area contributed by atoms with Crippen LogP contribution < -0.4 is 15.6 Å². The van der Waals surface area contributed by atoms with E-state index in [0.717, 1.165) is 35.3 Å². The smallest absolute Gasteiger partial charge is 0.449 e. The first-order valence-electron chi connectivity index (χ1n) is 18.7. The van der Waals surface area contributed by atoms with Crippen LogP contribution in [0.2, 0.25) is 0 Å². The molecular formula is C39H39F8N5O7S. The summed E-state index contributed by atoms with van der Waals surface area (Å²) in [5.74, 6) is -7.72. The number of likely N-dealkylation sites (tertiary alicyclic amines) is 1. The Hall–Kier alpha value is -4.99. The van der Waals surface area contributed by atoms with Gasteiger partial charge in [0.1, 0.15) is 23.4 Å². The third-order valence-corrected chi connectivity index (χ3v) is 11.4. The van der Waals surface area contributed by atoms with E-state index in [1.54, 1.807) is 10.3 Å². The second-order valence-corrected chi connectivity index (χ2v) is 15.6. The highest BCUT2D eigenvalue weighted by Crippen LogP contribution is 2.35. The number of halogens is 8. The van der Waals surface area contributed by atoms with Gasteiger partial charge < -0.3 is 29.4 Å². The number of morpholine rings is 1. The van der Waals surface area contributed by atoms with Gasteiger partial charge in [-0.15, -0.1) is 11.3 Å². The van der Waals surface area contributed by atoms with E-state index in [0.29, 0.717) is 51.3 Å². The summed E-state index contributed by atoms with van der Waals surface area (Å²) in [6.07, 6.45) is -11.9. The molecule has 1 amide bonds. The lowest BCUT2D eigenvalue weighted by molar-refractivity contribution is -0.205.